The number of nitriles is 1. The average Bonchev–Trinajstić information content (AvgIpc) is 3.13. The summed E-state index contributed by atoms with van der Waals surface area (Å²) in [6.07, 6.45) is 4.07. The summed E-state index contributed by atoms with van der Waals surface area (Å²) in [4.78, 5) is 5.87. The summed E-state index contributed by atoms with van der Waals surface area (Å²) in [6, 6.07) is 11.2. The van der Waals surface area contributed by atoms with Crippen molar-refractivity contribution in [2.24, 2.45) is 10.9 Å². The lowest BCUT2D eigenvalue weighted by Crippen LogP contribution is -2.33. The Morgan fingerprint density at radius 1 is 1.26 bits per heavy atom. The molecule has 0 saturated carbocycles. The lowest BCUT2D eigenvalue weighted by Gasteiger charge is -2.30. The van der Waals surface area contributed by atoms with E-state index < -0.39 is 0 Å². The maximum atomic E-state index is 8.95. The Labute approximate surface area is 182 Å². The fourth-order valence-electron chi connectivity index (χ4n) is 4.89. The lowest BCUT2D eigenvalue weighted by atomic mass is 9.87. The van der Waals surface area contributed by atoms with Gasteiger partial charge >= 0.3 is 0 Å². The molecule has 0 spiro atoms. The van der Waals surface area contributed by atoms with Crippen LogP contribution < -0.4 is 17.2 Å². The van der Waals surface area contributed by atoms with Gasteiger partial charge in [0.25, 0.3) is 0 Å². The van der Waals surface area contributed by atoms with Crippen molar-refractivity contribution in [1.82, 2.24) is 14.6 Å². The zero-order valence-electron chi connectivity index (χ0n) is 18.5. The number of piperidine rings is 1. The van der Waals surface area contributed by atoms with Gasteiger partial charge in [-0.2, -0.15) is 10.4 Å². The Morgan fingerprint density at radius 3 is 2.61 bits per heavy atom. The summed E-state index contributed by atoms with van der Waals surface area (Å²) >= 11 is 0. The predicted molar refractivity (Wildman–Crippen MR) is 124 cm³/mol. The highest BCUT2D eigenvalue weighted by atomic mass is 15.3. The number of aromatic nitrogens is 2. The number of likely N-dealkylation sites (tertiary alicyclic amines) is 1. The Kier molecular flexibility index (Phi) is 5.75. The molecule has 5 N–H and O–H groups in total. The average molecular weight is 418 g/mol. The zero-order chi connectivity index (χ0) is 22.1. The third-order valence-electron chi connectivity index (χ3n) is 6.45. The molecule has 1 saturated heterocycles. The molecule has 3 heterocycles. The molecular weight excluding hydrogens is 386 g/mol. The van der Waals surface area contributed by atoms with E-state index in [1.54, 1.807) is 0 Å². The molecule has 3 aromatic rings. The van der Waals surface area contributed by atoms with Crippen LogP contribution in [0.5, 0.6) is 0 Å². The normalized spacial score (nSPS) is 16.3. The molecule has 1 aliphatic heterocycles. The van der Waals surface area contributed by atoms with E-state index in [0.29, 0.717) is 23.9 Å². The number of pyridine rings is 1. The number of aryl methyl sites for hydroxylation is 1. The van der Waals surface area contributed by atoms with Gasteiger partial charge in [-0.25, -0.2) is 0 Å². The highest BCUT2D eigenvalue weighted by Crippen LogP contribution is 2.38. The van der Waals surface area contributed by atoms with Crippen LogP contribution in [0.2, 0.25) is 0 Å². The molecule has 4 rings (SSSR count). The van der Waals surface area contributed by atoms with Crippen molar-refractivity contribution in [2.45, 2.75) is 45.4 Å². The molecule has 1 fully saturated rings. The molecule has 0 aliphatic carbocycles. The van der Waals surface area contributed by atoms with Crippen LogP contribution in [0.3, 0.4) is 0 Å². The molecule has 0 radical (unpaired) electrons. The number of nitrogens with one attached hydrogen (secondary N) is 1. The van der Waals surface area contributed by atoms with Crippen molar-refractivity contribution in [3.05, 3.63) is 52.6 Å². The second-order valence-corrected chi connectivity index (χ2v) is 8.85. The Hall–Kier alpha value is -3.24. The van der Waals surface area contributed by atoms with Crippen molar-refractivity contribution in [2.75, 3.05) is 25.5 Å². The summed E-state index contributed by atoms with van der Waals surface area (Å²) in [7, 11) is 0. The van der Waals surface area contributed by atoms with Crippen LogP contribution >= 0.6 is 0 Å². The minimum Gasteiger partial charge on any atom is -0.354 e. The highest BCUT2D eigenvalue weighted by Gasteiger charge is 2.22. The molecule has 7 heteroatoms. The number of hydrogen-bond donors (Lipinski definition) is 3. The Morgan fingerprint density at radius 2 is 2.00 bits per heavy atom. The van der Waals surface area contributed by atoms with E-state index in [1.807, 2.05) is 13.1 Å². The van der Waals surface area contributed by atoms with Crippen LogP contribution in [0, 0.1) is 18.3 Å². The van der Waals surface area contributed by atoms with Gasteiger partial charge in [0, 0.05) is 22.7 Å². The molecule has 7 nitrogen and oxygen atoms in total. The minimum atomic E-state index is 0.349. The van der Waals surface area contributed by atoms with Gasteiger partial charge in [0.05, 0.1) is 18.3 Å². The van der Waals surface area contributed by atoms with Crippen LogP contribution in [0.4, 0.5) is 0 Å². The minimum absolute atomic E-state index is 0.349. The first-order chi connectivity index (χ1) is 14.9. The third-order valence-corrected chi connectivity index (χ3v) is 6.45. The number of fused-ring (bicyclic) bond motifs is 1. The largest absolute Gasteiger partial charge is 0.354 e. The molecule has 31 heavy (non-hydrogen) atoms. The zero-order valence-corrected chi connectivity index (χ0v) is 18.5. The van der Waals surface area contributed by atoms with E-state index in [0.717, 1.165) is 48.3 Å². The maximum absolute atomic E-state index is 8.95. The third kappa shape index (κ3) is 3.91. The van der Waals surface area contributed by atoms with Gasteiger partial charge in [0.2, 0.25) is 0 Å². The topological polar surface area (TPSA) is 112 Å². The van der Waals surface area contributed by atoms with Crippen LogP contribution in [0.15, 0.2) is 35.6 Å². The van der Waals surface area contributed by atoms with Crippen molar-refractivity contribution < 1.29 is 0 Å². The first-order valence-corrected chi connectivity index (χ1v) is 10.9. The van der Waals surface area contributed by atoms with Crippen LogP contribution in [-0.2, 0) is 0 Å². The monoisotopic (exact) mass is 417 g/mol. The maximum Gasteiger partial charge on any atom is 0.173 e. The summed E-state index contributed by atoms with van der Waals surface area (Å²) < 4.78 is 1.49. The van der Waals surface area contributed by atoms with E-state index in [4.69, 9.17) is 16.9 Å². The number of hydrogen-bond acceptors (Lipinski definition) is 5. The Bertz CT molecular complexity index is 1170. The molecule has 0 atom stereocenters. The number of nitrogens with zero attached hydrogens (tertiary/aromatic N) is 4. The van der Waals surface area contributed by atoms with Gasteiger partial charge in [-0.1, -0.05) is 19.9 Å². The van der Waals surface area contributed by atoms with Crippen molar-refractivity contribution >= 4 is 10.9 Å². The van der Waals surface area contributed by atoms with E-state index in [-0.39, 0.29) is 0 Å². The lowest BCUT2D eigenvalue weighted by molar-refractivity contribution is 0.235. The van der Waals surface area contributed by atoms with Gasteiger partial charge in [-0.15, -0.1) is 0 Å². The summed E-state index contributed by atoms with van der Waals surface area (Å²) in [5.74, 6) is 12.5. The van der Waals surface area contributed by atoms with E-state index in [2.05, 4.69) is 59.2 Å². The molecule has 2 aromatic heterocycles. The van der Waals surface area contributed by atoms with Crippen molar-refractivity contribution in [3.63, 3.8) is 0 Å². The van der Waals surface area contributed by atoms with Crippen molar-refractivity contribution in [1.29, 1.82) is 5.26 Å². The van der Waals surface area contributed by atoms with Gasteiger partial charge in [-0.3, -0.25) is 9.58 Å². The van der Waals surface area contributed by atoms with Crippen molar-refractivity contribution in [3.8, 4) is 17.3 Å². The molecule has 0 amide bonds. The first-order valence-electron chi connectivity index (χ1n) is 10.9. The van der Waals surface area contributed by atoms with Crippen LogP contribution in [-0.4, -0.2) is 34.2 Å². The number of rotatable bonds is 4. The summed E-state index contributed by atoms with van der Waals surface area (Å²) in [5.41, 5.74) is 7.44. The standard InChI is InChI=1S/C24H31N7/c1-15(2)22-20-13-18(17-6-9-30(10-7-17)11-8-25)4-5-21(20)28-23(22)19-12-16(3)24(29-26)31(27)14-19/h4-5,12-15,17,28H,6-7,9-11,26-27H2,1-3H3/b29-24-. The Balaban J connectivity index is 1.76. The van der Waals surface area contributed by atoms with E-state index in [1.165, 1.54) is 21.2 Å². The molecule has 1 aliphatic rings. The number of benzene rings is 1. The SMILES string of the molecule is Cc1cc(-c2[nH]c3ccc(C4CCN(CC#N)CC4)cc3c2C(C)C)cn(N)/c1=N\N. The van der Waals surface area contributed by atoms with Crippen LogP contribution in [0.1, 0.15) is 55.2 Å². The smallest absolute Gasteiger partial charge is 0.173 e. The highest BCUT2D eigenvalue weighted by molar-refractivity contribution is 5.92. The summed E-state index contributed by atoms with van der Waals surface area (Å²) in [6.45, 7) is 8.92. The van der Waals surface area contributed by atoms with Gasteiger partial charge in [0.15, 0.2) is 5.49 Å². The second-order valence-electron chi connectivity index (χ2n) is 8.85. The number of nitrogen functional groups attached to an aromatic ring is 1. The fourth-order valence-corrected chi connectivity index (χ4v) is 4.89. The fraction of sp³-hybridized carbons (Fsp3) is 0.417. The van der Waals surface area contributed by atoms with Gasteiger partial charge in [0.1, 0.15) is 0 Å². The van der Waals surface area contributed by atoms with E-state index >= 15 is 0 Å². The number of H-pyrrole nitrogens is 1. The van der Waals surface area contributed by atoms with Gasteiger partial charge in [-0.05, 0) is 79.6 Å². The molecular formula is C24H31N7. The van der Waals surface area contributed by atoms with Gasteiger partial charge < -0.3 is 16.7 Å². The molecule has 162 valence electrons. The molecule has 0 bridgehead atoms. The number of aromatic amines is 1. The predicted octanol–water partition coefficient (Wildman–Crippen LogP) is 3.26. The first kappa shape index (κ1) is 21.0. The second kappa shape index (κ2) is 8.48. The molecule has 0 unspecified atom stereocenters. The van der Waals surface area contributed by atoms with E-state index in [9.17, 15) is 0 Å². The van der Waals surface area contributed by atoms with Crippen LogP contribution in [0.25, 0.3) is 22.2 Å². The number of nitrogens with two attached hydrogens (primary N) is 2. The molecule has 1 aromatic carbocycles. The quantitative estimate of drug-likeness (QED) is 0.343. The summed E-state index contributed by atoms with van der Waals surface area (Å²) in [5, 5.41) is 14.0.